The van der Waals surface area contributed by atoms with Crippen molar-refractivity contribution in [2.75, 3.05) is 39.8 Å². The van der Waals surface area contributed by atoms with Gasteiger partial charge in [0, 0.05) is 14.2 Å². The fraction of sp³-hybridized carbons (Fsp3) is 1.00. The van der Waals surface area contributed by atoms with Gasteiger partial charge in [-0.15, -0.1) is 0 Å². The first-order valence-corrected chi connectivity index (χ1v) is 12.7. The van der Waals surface area contributed by atoms with E-state index in [2.05, 4.69) is 13.1 Å². The minimum Gasteiger partial charge on any atom is -0.418 e. The average molecular weight is 309 g/mol. The zero-order valence-electron chi connectivity index (χ0n) is 13.0. The van der Waals surface area contributed by atoms with Gasteiger partial charge in [-0.25, -0.2) is 0 Å². The molecule has 2 unspecified atom stereocenters. The van der Waals surface area contributed by atoms with Gasteiger partial charge in [0.2, 0.25) is 16.6 Å². The highest BCUT2D eigenvalue weighted by molar-refractivity contribution is 6.73. The molecular weight excluding hydrogens is 276 g/mol. The van der Waals surface area contributed by atoms with E-state index in [-0.39, 0.29) is 0 Å². The molecule has 5 nitrogen and oxygen atoms in total. The highest BCUT2D eigenvalue weighted by atomic mass is 28.4. The summed E-state index contributed by atoms with van der Waals surface area (Å²) in [4.78, 5) is 0. The van der Waals surface area contributed by atoms with Crippen molar-refractivity contribution in [2.24, 2.45) is 11.5 Å². The van der Waals surface area contributed by atoms with Gasteiger partial charge >= 0.3 is 0 Å². The lowest BCUT2D eigenvalue weighted by Gasteiger charge is -2.29. The third kappa shape index (κ3) is 8.18. The minimum atomic E-state index is -1.75. The number of rotatable bonds is 12. The van der Waals surface area contributed by atoms with E-state index < -0.39 is 16.6 Å². The smallest absolute Gasteiger partial charge is 0.214 e. The van der Waals surface area contributed by atoms with Crippen LogP contribution in [0.4, 0.5) is 0 Å². The second kappa shape index (κ2) is 10.0. The quantitative estimate of drug-likeness (QED) is 0.530. The van der Waals surface area contributed by atoms with Crippen LogP contribution in [0.5, 0.6) is 0 Å². The molecule has 2 atom stereocenters. The molecule has 0 fully saturated rings. The van der Waals surface area contributed by atoms with Crippen molar-refractivity contribution in [2.45, 2.75) is 38.0 Å². The maximum atomic E-state index is 5.93. The summed E-state index contributed by atoms with van der Waals surface area (Å²) in [6.07, 6.45) is 3.45. The zero-order chi connectivity index (χ0) is 14.8. The topological polar surface area (TPSA) is 79.7 Å². The summed E-state index contributed by atoms with van der Waals surface area (Å²) in [6, 6.07) is 2.10. The van der Waals surface area contributed by atoms with Crippen molar-refractivity contribution in [3.8, 4) is 0 Å². The molecule has 0 heterocycles. The summed E-state index contributed by atoms with van der Waals surface area (Å²) < 4.78 is 17.3. The van der Waals surface area contributed by atoms with Gasteiger partial charge < -0.3 is 25.1 Å². The van der Waals surface area contributed by atoms with Crippen LogP contribution in [0.1, 0.15) is 12.8 Å². The first-order valence-electron chi connectivity index (χ1n) is 7.03. The summed E-state index contributed by atoms with van der Waals surface area (Å²) in [5, 5.41) is 0. The zero-order valence-corrected chi connectivity index (χ0v) is 15.0. The van der Waals surface area contributed by atoms with E-state index in [4.69, 9.17) is 25.1 Å². The van der Waals surface area contributed by atoms with E-state index in [1.807, 2.05) is 0 Å². The van der Waals surface area contributed by atoms with Crippen molar-refractivity contribution in [3.05, 3.63) is 0 Å². The molecule has 116 valence electrons. The van der Waals surface area contributed by atoms with Gasteiger partial charge in [-0.1, -0.05) is 0 Å². The van der Waals surface area contributed by atoms with Crippen molar-refractivity contribution in [1.29, 1.82) is 0 Å². The lowest BCUT2D eigenvalue weighted by molar-refractivity contribution is 0.180. The highest BCUT2D eigenvalue weighted by Gasteiger charge is 2.32. The van der Waals surface area contributed by atoms with E-state index in [0.717, 1.165) is 37.4 Å². The van der Waals surface area contributed by atoms with Crippen LogP contribution in [0.15, 0.2) is 0 Å². The molecule has 0 aliphatic rings. The second-order valence-corrected chi connectivity index (χ2v) is 13.8. The van der Waals surface area contributed by atoms with Crippen molar-refractivity contribution in [3.63, 3.8) is 0 Å². The first-order chi connectivity index (χ1) is 8.95. The number of hydrogen-bond acceptors (Lipinski definition) is 5. The molecule has 0 bridgehead atoms. The van der Waals surface area contributed by atoms with E-state index in [1.165, 1.54) is 0 Å². The Morgan fingerprint density at radius 1 is 0.789 bits per heavy atom. The van der Waals surface area contributed by atoms with Crippen LogP contribution in [-0.2, 0) is 13.6 Å². The second-order valence-electron chi connectivity index (χ2n) is 5.59. The maximum Gasteiger partial charge on any atom is 0.214 e. The van der Waals surface area contributed by atoms with Gasteiger partial charge in [0.25, 0.3) is 0 Å². The molecule has 4 N–H and O–H groups in total. The monoisotopic (exact) mass is 308 g/mol. The van der Waals surface area contributed by atoms with E-state index in [1.54, 1.807) is 14.2 Å². The van der Waals surface area contributed by atoms with Crippen LogP contribution in [0.2, 0.25) is 25.2 Å². The Bertz CT molecular complexity index is 215. The van der Waals surface area contributed by atoms with Crippen LogP contribution in [0.3, 0.4) is 0 Å². The Balaban J connectivity index is 4.14. The molecule has 0 radical (unpaired) electrons. The standard InChI is InChI=1S/C12H32N2O3Si2/c1-15-18(3,9-5-7-13)11-17-12-19(4,16-2)10-6-8-14/h5-14H2,1-4H3. The third-order valence-electron chi connectivity index (χ3n) is 3.62. The fourth-order valence-electron chi connectivity index (χ4n) is 1.90. The molecule has 0 saturated heterocycles. The molecule has 0 aliphatic heterocycles. The molecule has 0 saturated carbocycles. The highest BCUT2D eigenvalue weighted by Crippen LogP contribution is 2.17. The molecule has 0 spiro atoms. The van der Waals surface area contributed by atoms with Crippen molar-refractivity contribution < 1.29 is 13.6 Å². The van der Waals surface area contributed by atoms with E-state index in [0.29, 0.717) is 13.1 Å². The number of hydrogen-bond donors (Lipinski definition) is 2. The molecule has 7 heteroatoms. The van der Waals surface area contributed by atoms with E-state index in [9.17, 15) is 0 Å². The lowest BCUT2D eigenvalue weighted by atomic mass is 10.5. The van der Waals surface area contributed by atoms with Crippen LogP contribution in [0.25, 0.3) is 0 Å². The average Bonchev–Trinajstić information content (AvgIpc) is 2.43. The minimum absolute atomic E-state index is 0.715. The Labute approximate surface area is 120 Å². The molecule has 0 aliphatic carbocycles. The summed E-state index contributed by atoms with van der Waals surface area (Å²) in [7, 11) is 0.0736. The largest absolute Gasteiger partial charge is 0.418 e. The Morgan fingerprint density at radius 2 is 1.16 bits per heavy atom. The van der Waals surface area contributed by atoms with Gasteiger partial charge in [0.05, 0.1) is 12.5 Å². The molecule has 0 aromatic heterocycles. The Morgan fingerprint density at radius 3 is 1.42 bits per heavy atom. The molecule has 0 rings (SSSR count). The van der Waals surface area contributed by atoms with Gasteiger partial charge in [-0.05, 0) is 51.1 Å². The van der Waals surface area contributed by atoms with Gasteiger partial charge in [0.15, 0.2) is 0 Å². The SMILES string of the molecule is CO[Si](C)(CCCN)COC[Si](C)(CCCN)OC. The lowest BCUT2D eigenvalue weighted by Crippen LogP contribution is -2.45. The van der Waals surface area contributed by atoms with Crippen LogP contribution < -0.4 is 11.5 Å². The Kier molecular flexibility index (Phi) is 10.2. The molecule has 0 amide bonds. The normalized spacial score (nSPS) is 18.0. The van der Waals surface area contributed by atoms with Crippen LogP contribution >= 0.6 is 0 Å². The third-order valence-corrected chi connectivity index (χ3v) is 10.0. The van der Waals surface area contributed by atoms with E-state index >= 15 is 0 Å². The summed E-state index contributed by atoms with van der Waals surface area (Å²) >= 11 is 0. The maximum absolute atomic E-state index is 5.93. The molecular formula is C12H32N2O3Si2. The number of nitrogens with two attached hydrogens (primary N) is 2. The Hall–Kier alpha value is 0.234. The van der Waals surface area contributed by atoms with Gasteiger partial charge in [0.1, 0.15) is 0 Å². The van der Waals surface area contributed by atoms with Crippen LogP contribution in [0, 0.1) is 0 Å². The first kappa shape index (κ1) is 19.2. The molecule has 19 heavy (non-hydrogen) atoms. The van der Waals surface area contributed by atoms with Gasteiger partial charge in [-0.2, -0.15) is 0 Å². The van der Waals surface area contributed by atoms with Crippen molar-refractivity contribution in [1.82, 2.24) is 0 Å². The number of ether oxygens (including phenoxy) is 1. The summed E-state index contributed by atoms with van der Waals surface area (Å²) in [5.41, 5.74) is 11.1. The van der Waals surface area contributed by atoms with Crippen molar-refractivity contribution >= 4 is 16.6 Å². The van der Waals surface area contributed by atoms with Crippen LogP contribution in [-0.4, -0.2) is 56.4 Å². The fourth-order valence-corrected chi connectivity index (χ4v) is 6.01. The summed E-state index contributed by atoms with van der Waals surface area (Å²) in [6.45, 7) is 5.84. The predicted molar refractivity (Wildman–Crippen MR) is 85.0 cm³/mol. The summed E-state index contributed by atoms with van der Waals surface area (Å²) in [5.74, 6) is 0. The molecule has 0 aromatic rings. The predicted octanol–water partition coefficient (Wildman–Crippen LogP) is 1.22. The van der Waals surface area contributed by atoms with Gasteiger partial charge in [-0.3, -0.25) is 0 Å². The molecule has 0 aromatic carbocycles.